The van der Waals surface area contributed by atoms with Crippen LogP contribution in [0.2, 0.25) is 0 Å². The molecule has 53 heavy (non-hydrogen) atoms. The van der Waals surface area contributed by atoms with Crippen molar-refractivity contribution in [2.24, 2.45) is 0 Å². The number of dihydropyridines is 1. The van der Waals surface area contributed by atoms with Crippen molar-refractivity contribution >= 4 is 41.4 Å². The maximum absolute atomic E-state index is 13.6. The molecule has 1 aliphatic rings. The molecule has 4 rings (SSSR count). The minimum atomic E-state index is -1.26. The molecule has 16 nitrogen and oxygen atoms in total. The number of aromatic carboxylic acids is 2. The Hall–Kier alpha value is -6.84. The van der Waals surface area contributed by atoms with E-state index in [2.05, 4.69) is 16.0 Å². The molecule has 0 fully saturated rings. The molecule has 0 aromatic heterocycles. The molecule has 0 saturated carbocycles. The lowest BCUT2D eigenvalue weighted by Gasteiger charge is -2.30. The van der Waals surface area contributed by atoms with Crippen molar-refractivity contribution in [3.8, 4) is 0 Å². The van der Waals surface area contributed by atoms with Crippen molar-refractivity contribution in [2.45, 2.75) is 32.6 Å². The first-order valence-electron chi connectivity index (χ1n) is 16.3. The third-order valence-corrected chi connectivity index (χ3v) is 8.10. The summed E-state index contributed by atoms with van der Waals surface area (Å²) in [5.74, 6) is -6.58. The second-order valence-corrected chi connectivity index (χ2v) is 11.7. The molecule has 16 heteroatoms. The third kappa shape index (κ3) is 9.69. The highest BCUT2D eigenvalue weighted by Gasteiger charge is 2.38. The monoisotopic (exact) mass is 728 g/mol. The van der Waals surface area contributed by atoms with E-state index in [0.29, 0.717) is 11.4 Å². The lowest BCUT2D eigenvalue weighted by atomic mass is 9.80. The molecular formula is C37H36N4O12. The number of carboxylic acid groups (broad SMARTS) is 2. The number of ether oxygens (including phenoxy) is 2. The van der Waals surface area contributed by atoms with Gasteiger partial charge in [-0.1, -0.05) is 36.4 Å². The van der Waals surface area contributed by atoms with Gasteiger partial charge in [-0.15, -0.1) is 0 Å². The Kier molecular flexibility index (Phi) is 13.1. The molecule has 1 heterocycles. The Balaban J connectivity index is 1.43. The van der Waals surface area contributed by atoms with Crippen molar-refractivity contribution in [2.75, 3.05) is 26.3 Å². The number of amides is 2. The van der Waals surface area contributed by atoms with E-state index in [1.165, 1.54) is 72.8 Å². The molecule has 0 aliphatic carbocycles. The van der Waals surface area contributed by atoms with Gasteiger partial charge in [-0.3, -0.25) is 19.7 Å². The van der Waals surface area contributed by atoms with E-state index in [1.807, 2.05) is 0 Å². The van der Waals surface area contributed by atoms with Crippen molar-refractivity contribution in [1.29, 1.82) is 0 Å². The van der Waals surface area contributed by atoms with E-state index in [-0.39, 0.29) is 83.8 Å². The first kappa shape index (κ1) is 39.0. The number of hydrogen-bond acceptors (Lipinski definition) is 11. The van der Waals surface area contributed by atoms with Crippen LogP contribution in [0, 0.1) is 10.1 Å². The Labute approximate surface area is 302 Å². The highest BCUT2D eigenvalue weighted by atomic mass is 16.6. The number of esters is 2. The summed E-state index contributed by atoms with van der Waals surface area (Å²) in [7, 11) is 0. The van der Waals surface area contributed by atoms with Crippen LogP contribution < -0.4 is 16.0 Å². The number of nitrogens with one attached hydrogen (secondary N) is 3. The number of carbonyl (C=O) groups is 6. The Bertz CT molecular complexity index is 1910. The topological polar surface area (TPSA) is 241 Å². The van der Waals surface area contributed by atoms with Crippen LogP contribution in [0.25, 0.3) is 0 Å². The normalized spacial score (nSPS) is 12.7. The maximum atomic E-state index is 13.6. The van der Waals surface area contributed by atoms with Gasteiger partial charge < -0.3 is 35.6 Å². The molecule has 276 valence electrons. The molecule has 5 N–H and O–H groups in total. The number of carbonyl (C=O) groups excluding carboxylic acids is 4. The van der Waals surface area contributed by atoms with E-state index < -0.39 is 46.5 Å². The zero-order valence-electron chi connectivity index (χ0n) is 28.7. The van der Waals surface area contributed by atoms with Crippen LogP contribution in [0.5, 0.6) is 0 Å². The summed E-state index contributed by atoms with van der Waals surface area (Å²) in [4.78, 5) is 86.3. The highest BCUT2D eigenvalue weighted by molar-refractivity contribution is 6.05. The van der Waals surface area contributed by atoms with E-state index in [9.17, 15) is 49.1 Å². The molecule has 0 saturated heterocycles. The van der Waals surface area contributed by atoms with Gasteiger partial charge in [0.05, 0.1) is 57.5 Å². The van der Waals surface area contributed by atoms with Gasteiger partial charge in [0, 0.05) is 36.6 Å². The van der Waals surface area contributed by atoms with Gasteiger partial charge in [-0.25, -0.2) is 19.2 Å². The van der Waals surface area contributed by atoms with Crippen LogP contribution in [0.3, 0.4) is 0 Å². The summed E-state index contributed by atoms with van der Waals surface area (Å²) in [6.45, 7) is 2.88. The smallest absolute Gasteiger partial charge is 0.336 e. The van der Waals surface area contributed by atoms with Crippen molar-refractivity contribution in [3.05, 3.63) is 133 Å². The van der Waals surface area contributed by atoms with E-state index in [0.717, 1.165) is 0 Å². The van der Waals surface area contributed by atoms with Crippen LogP contribution in [0.1, 0.15) is 79.6 Å². The fourth-order valence-electron chi connectivity index (χ4n) is 5.65. The largest absolute Gasteiger partial charge is 0.478 e. The van der Waals surface area contributed by atoms with Gasteiger partial charge in [0.15, 0.2) is 0 Å². The molecule has 2 amide bonds. The summed E-state index contributed by atoms with van der Waals surface area (Å²) in [5, 5.41) is 38.5. The molecule has 3 aromatic rings. The number of nitrogens with zero attached hydrogens (tertiary/aromatic N) is 1. The number of carboxylic acids is 2. The van der Waals surface area contributed by atoms with E-state index in [4.69, 9.17) is 9.47 Å². The van der Waals surface area contributed by atoms with Crippen LogP contribution in [0.15, 0.2) is 95.3 Å². The first-order valence-corrected chi connectivity index (χ1v) is 16.3. The van der Waals surface area contributed by atoms with E-state index >= 15 is 0 Å². The lowest BCUT2D eigenvalue weighted by Crippen LogP contribution is -2.33. The zero-order valence-corrected chi connectivity index (χ0v) is 28.7. The average Bonchev–Trinajstić information content (AvgIpc) is 3.13. The summed E-state index contributed by atoms with van der Waals surface area (Å²) < 4.78 is 11.0. The quantitative estimate of drug-likeness (QED) is 0.0608. The minimum absolute atomic E-state index is 0.00757. The van der Waals surface area contributed by atoms with Crippen LogP contribution in [0.4, 0.5) is 5.69 Å². The third-order valence-electron chi connectivity index (χ3n) is 8.10. The standard InChI is InChI=1S/C37H36N4O12/c1-21-29(36(48)52-18-8-16-38-32(42)25-12-3-5-14-27(25)34(44)45)31(23-10-7-11-24(20-23)41(50)51)30(22(2)40-21)37(49)53-19-9-17-39-33(43)26-13-4-6-15-28(26)35(46)47/h3-7,10-15,20,31,40H,8-9,16-19H2,1-2H3,(H,38,42)(H,39,43)(H,44,45)(H,46,47). The van der Waals surface area contributed by atoms with Crippen LogP contribution >= 0.6 is 0 Å². The zero-order chi connectivity index (χ0) is 38.7. The predicted octanol–water partition coefficient (Wildman–Crippen LogP) is 3.95. The molecule has 0 atom stereocenters. The van der Waals surface area contributed by atoms with Crippen LogP contribution in [-0.2, 0) is 19.1 Å². The summed E-state index contributed by atoms with van der Waals surface area (Å²) >= 11 is 0. The molecule has 0 spiro atoms. The summed E-state index contributed by atoms with van der Waals surface area (Å²) in [6, 6.07) is 16.9. The van der Waals surface area contributed by atoms with Gasteiger partial charge in [0.2, 0.25) is 0 Å². The number of benzene rings is 3. The Morgan fingerprint density at radius 2 is 1.13 bits per heavy atom. The van der Waals surface area contributed by atoms with Crippen molar-refractivity contribution in [3.63, 3.8) is 0 Å². The molecule has 0 unspecified atom stereocenters. The fraction of sp³-hybridized carbons (Fsp3) is 0.243. The van der Waals surface area contributed by atoms with E-state index in [1.54, 1.807) is 13.8 Å². The van der Waals surface area contributed by atoms with Crippen LogP contribution in [-0.4, -0.2) is 77.1 Å². The second kappa shape index (κ2) is 17.9. The Morgan fingerprint density at radius 3 is 1.55 bits per heavy atom. The lowest BCUT2D eigenvalue weighted by molar-refractivity contribution is -0.384. The summed E-state index contributed by atoms with van der Waals surface area (Å²) in [6.07, 6.45) is 0.298. The molecular weight excluding hydrogens is 692 g/mol. The predicted molar refractivity (Wildman–Crippen MR) is 187 cm³/mol. The highest BCUT2D eigenvalue weighted by Crippen LogP contribution is 2.40. The number of allylic oxidation sites excluding steroid dienone is 2. The van der Waals surface area contributed by atoms with Gasteiger partial charge >= 0.3 is 23.9 Å². The molecule has 1 aliphatic heterocycles. The second-order valence-electron chi connectivity index (χ2n) is 11.7. The molecule has 3 aromatic carbocycles. The number of nitro groups is 1. The van der Waals surface area contributed by atoms with Crippen molar-refractivity contribution in [1.82, 2.24) is 16.0 Å². The number of nitro benzene ring substituents is 1. The number of rotatable bonds is 16. The molecule has 0 bridgehead atoms. The maximum Gasteiger partial charge on any atom is 0.336 e. The Morgan fingerprint density at radius 1 is 0.698 bits per heavy atom. The average molecular weight is 729 g/mol. The number of non-ortho nitro benzene ring substituents is 1. The molecule has 0 radical (unpaired) electrons. The number of hydrogen-bond donors (Lipinski definition) is 5. The fourth-order valence-corrected chi connectivity index (χ4v) is 5.65. The minimum Gasteiger partial charge on any atom is -0.478 e. The van der Waals surface area contributed by atoms with Gasteiger partial charge in [0.25, 0.3) is 17.5 Å². The van der Waals surface area contributed by atoms with Crippen molar-refractivity contribution < 1.29 is 53.4 Å². The SMILES string of the molecule is CC1=C(C(=O)OCCCNC(=O)c2ccccc2C(=O)O)C(c2cccc([N+](=O)[O-])c2)C(C(=O)OCCCNC(=O)c2ccccc2C(=O)O)=C(C)N1. The summed E-state index contributed by atoms with van der Waals surface area (Å²) in [5.41, 5.74) is 0.200. The van der Waals surface area contributed by atoms with Gasteiger partial charge in [-0.05, 0) is 56.5 Å². The first-order chi connectivity index (χ1) is 25.3. The van der Waals surface area contributed by atoms with Gasteiger partial charge in [0.1, 0.15) is 0 Å². The van der Waals surface area contributed by atoms with Gasteiger partial charge in [-0.2, -0.15) is 0 Å².